The highest BCUT2D eigenvalue weighted by Crippen LogP contribution is 2.32. The zero-order valence-corrected chi connectivity index (χ0v) is 18.1. The number of aliphatic hydroxyl groups excluding tert-OH is 1. The fraction of sp³-hybridized carbons (Fsp3) is 0.682. The fourth-order valence-corrected chi connectivity index (χ4v) is 4.12. The van der Waals surface area contributed by atoms with Crippen LogP contribution in [0.1, 0.15) is 37.7 Å². The lowest BCUT2D eigenvalue weighted by Gasteiger charge is -2.36. The monoisotopic (exact) mass is 431 g/mol. The Balaban J connectivity index is 1.72. The molecule has 0 saturated heterocycles. The molecule has 170 valence electrons. The number of aliphatic hydroxyl groups is 1. The number of amides is 1. The van der Waals surface area contributed by atoms with Gasteiger partial charge in [0.25, 0.3) is 0 Å². The number of carbonyl (C=O) groups is 1. The Morgan fingerprint density at radius 3 is 2.23 bits per heavy atom. The summed E-state index contributed by atoms with van der Waals surface area (Å²) in [5, 5.41) is 9.17. The van der Waals surface area contributed by atoms with Crippen molar-refractivity contribution in [3.05, 3.63) is 29.8 Å². The average Bonchev–Trinajstić information content (AvgIpc) is 2.66. The standard InChI is InChI=1S/C22H34F3N2O3/c1-26(21(29)30-20-10-8-19(9-11-20)22(23,24)25)13-12-17-4-6-18(7-5-17)16-27(2,3)14-15-28/h8-11,17-18,28H,4-7,12-16H2,1-3H3/q+1/t17-,18-. The van der Waals surface area contributed by atoms with Crippen LogP contribution < -0.4 is 4.74 Å². The largest absolute Gasteiger partial charge is 0.416 e. The highest BCUT2D eigenvalue weighted by Gasteiger charge is 2.30. The number of nitrogens with zero attached hydrogens (tertiary/aromatic N) is 2. The van der Waals surface area contributed by atoms with Gasteiger partial charge in [0.05, 0.1) is 32.8 Å². The van der Waals surface area contributed by atoms with Crippen molar-refractivity contribution in [1.29, 1.82) is 0 Å². The third-order valence-electron chi connectivity index (χ3n) is 6.00. The molecular formula is C22H34F3N2O3+. The number of quaternary nitrogens is 1. The molecule has 0 atom stereocenters. The van der Waals surface area contributed by atoms with Crippen molar-refractivity contribution in [3.63, 3.8) is 0 Å². The molecule has 1 aliphatic carbocycles. The Labute approximate surface area is 177 Å². The van der Waals surface area contributed by atoms with Crippen LogP contribution in [0.15, 0.2) is 24.3 Å². The van der Waals surface area contributed by atoms with Crippen LogP contribution in [0.4, 0.5) is 18.0 Å². The number of benzene rings is 1. The van der Waals surface area contributed by atoms with Crippen molar-refractivity contribution < 1.29 is 32.3 Å². The van der Waals surface area contributed by atoms with Crippen LogP contribution >= 0.6 is 0 Å². The van der Waals surface area contributed by atoms with Crippen LogP contribution in [0.25, 0.3) is 0 Å². The molecule has 1 aromatic carbocycles. The maximum absolute atomic E-state index is 12.6. The lowest BCUT2D eigenvalue weighted by molar-refractivity contribution is -0.894. The number of hydrogen-bond donors (Lipinski definition) is 1. The van der Waals surface area contributed by atoms with E-state index in [1.807, 2.05) is 0 Å². The maximum Gasteiger partial charge on any atom is 0.416 e. The fourth-order valence-electron chi connectivity index (χ4n) is 4.12. The predicted octanol–water partition coefficient (Wildman–Crippen LogP) is 4.40. The number of carbonyl (C=O) groups excluding carboxylic acids is 1. The van der Waals surface area contributed by atoms with E-state index in [9.17, 15) is 23.1 Å². The predicted molar refractivity (Wildman–Crippen MR) is 109 cm³/mol. The third kappa shape index (κ3) is 7.80. The normalized spacial score (nSPS) is 20.1. The lowest BCUT2D eigenvalue weighted by atomic mass is 9.80. The molecule has 1 aliphatic rings. The van der Waals surface area contributed by atoms with E-state index in [2.05, 4.69) is 14.1 Å². The minimum absolute atomic E-state index is 0.101. The average molecular weight is 432 g/mol. The number of hydrogen-bond acceptors (Lipinski definition) is 3. The Kier molecular flexibility index (Phi) is 8.55. The van der Waals surface area contributed by atoms with Crippen LogP contribution in [0.2, 0.25) is 0 Å². The van der Waals surface area contributed by atoms with Gasteiger partial charge >= 0.3 is 12.3 Å². The molecule has 0 aliphatic heterocycles. The molecule has 30 heavy (non-hydrogen) atoms. The molecular weight excluding hydrogens is 397 g/mol. The maximum atomic E-state index is 12.6. The van der Waals surface area contributed by atoms with Gasteiger partial charge in [-0.25, -0.2) is 4.79 Å². The number of likely N-dealkylation sites (N-methyl/N-ethyl adjacent to an activating group) is 1. The highest BCUT2D eigenvalue weighted by atomic mass is 19.4. The van der Waals surface area contributed by atoms with E-state index in [-0.39, 0.29) is 12.4 Å². The van der Waals surface area contributed by atoms with E-state index in [1.54, 1.807) is 7.05 Å². The molecule has 1 fully saturated rings. The molecule has 1 amide bonds. The summed E-state index contributed by atoms with van der Waals surface area (Å²) in [7, 11) is 5.95. The Hall–Kier alpha value is -1.80. The summed E-state index contributed by atoms with van der Waals surface area (Å²) >= 11 is 0. The van der Waals surface area contributed by atoms with E-state index < -0.39 is 17.8 Å². The Morgan fingerprint density at radius 1 is 1.13 bits per heavy atom. The minimum Gasteiger partial charge on any atom is -0.410 e. The van der Waals surface area contributed by atoms with Gasteiger partial charge in [-0.2, -0.15) is 13.2 Å². The molecule has 2 rings (SSSR count). The van der Waals surface area contributed by atoms with Gasteiger partial charge in [0.1, 0.15) is 12.3 Å². The quantitative estimate of drug-likeness (QED) is 0.621. The first-order chi connectivity index (χ1) is 14.0. The third-order valence-corrected chi connectivity index (χ3v) is 6.00. The molecule has 1 saturated carbocycles. The summed E-state index contributed by atoms with van der Waals surface area (Å²) in [6, 6.07) is 4.13. The number of ether oxygens (including phenoxy) is 1. The van der Waals surface area contributed by atoms with Crippen LogP contribution in [-0.4, -0.2) is 68.0 Å². The second kappa shape index (κ2) is 10.5. The first-order valence-electron chi connectivity index (χ1n) is 10.5. The first kappa shape index (κ1) is 24.5. The molecule has 1 N–H and O–H groups in total. The van der Waals surface area contributed by atoms with Crippen molar-refractivity contribution in [2.24, 2.45) is 11.8 Å². The molecule has 1 aromatic rings. The molecule has 0 spiro atoms. The van der Waals surface area contributed by atoms with E-state index in [1.165, 1.54) is 4.90 Å². The molecule has 0 bridgehead atoms. The molecule has 5 nitrogen and oxygen atoms in total. The van der Waals surface area contributed by atoms with Gasteiger partial charge in [0, 0.05) is 19.5 Å². The zero-order chi connectivity index (χ0) is 22.4. The number of alkyl halides is 3. The van der Waals surface area contributed by atoms with E-state index in [0.717, 1.165) is 73.9 Å². The van der Waals surface area contributed by atoms with E-state index >= 15 is 0 Å². The Bertz CT molecular complexity index is 669. The van der Waals surface area contributed by atoms with E-state index in [4.69, 9.17) is 4.74 Å². The summed E-state index contributed by atoms with van der Waals surface area (Å²) in [5.41, 5.74) is -0.773. The molecule has 0 heterocycles. The topological polar surface area (TPSA) is 49.8 Å². The molecule has 8 heteroatoms. The summed E-state index contributed by atoms with van der Waals surface area (Å²) in [5.74, 6) is 1.34. The van der Waals surface area contributed by atoms with Gasteiger partial charge < -0.3 is 19.2 Å². The first-order valence-corrected chi connectivity index (χ1v) is 10.5. The summed E-state index contributed by atoms with van der Waals surface area (Å²) in [6.45, 7) is 2.61. The van der Waals surface area contributed by atoms with Crippen molar-refractivity contribution in [1.82, 2.24) is 4.90 Å². The van der Waals surface area contributed by atoms with Crippen molar-refractivity contribution >= 4 is 6.09 Å². The molecule has 0 unspecified atom stereocenters. The van der Waals surface area contributed by atoms with E-state index in [0.29, 0.717) is 18.4 Å². The van der Waals surface area contributed by atoms with Crippen molar-refractivity contribution in [3.8, 4) is 5.75 Å². The van der Waals surface area contributed by atoms with Gasteiger partial charge in [-0.1, -0.05) is 0 Å². The highest BCUT2D eigenvalue weighted by molar-refractivity contribution is 5.70. The Morgan fingerprint density at radius 2 is 1.70 bits per heavy atom. The van der Waals surface area contributed by atoms with Crippen LogP contribution in [-0.2, 0) is 6.18 Å². The number of halogens is 3. The lowest BCUT2D eigenvalue weighted by Crippen LogP contribution is -2.46. The van der Waals surface area contributed by atoms with Crippen LogP contribution in [0.3, 0.4) is 0 Å². The smallest absolute Gasteiger partial charge is 0.410 e. The van der Waals surface area contributed by atoms with Crippen LogP contribution in [0, 0.1) is 11.8 Å². The summed E-state index contributed by atoms with van der Waals surface area (Å²) in [4.78, 5) is 13.7. The second-order valence-corrected chi connectivity index (χ2v) is 9.05. The summed E-state index contributed by atoms with van der Waals surface area (Å²) in [6.07, 6.45) is 0.504. The second-order valence-electron chi connectivity index (χ2n) is 9.05. The zero-order valence-electron chi connectivity index (χ0n) is 18.1. The van der Waals surface area contributed by atoms with Crippen molar-refractivity contribution in [2.75, 3.05) is 47.4 Å². The minimum atomic E-state index is -4.41. The van der Waals surface area contributed by atoms with Crippen molar-refractivity contribution in [2.45, 2.75) is 38.3 Å². The SMILES string of the molecule is CN(CC[C@H]1CC[C@H](C[N+](C)(C)CCO)CC1)C(=O)Oc1ccc(C(F)(F)F)cc1. The van der Waals surface area contributed by atoms with Gasteiger partial charge in [-0.15, -0.1) is 0 Å². The molecule has 0 radical (unpaired) electrons. The van der Waals surface area contributed by atoms with Gasteiger partial charge in [-0.3, -0.25) is 0 Å². The van der Waals surface area contributed by atoms with Gasteiger partial charge in [0.2, 0.25) is 0 Å². The van der Waals surface area contributed by atoms with Crippen LogP contribution in [0.5, 0.6) is 5.75 Å². The number of rotatable bonds is 8. The van der Waals surface area contributed by atoms with Gasteiger partial charge in [0.15, 0.2) is 0 Å². The molecule has 0 aromatic heterocycles. The van der Waals surface area contributed by atoms with Gasteiger partial charge in [-0.05, 0) is 62.3 Å². The summed E-state index contributed by atoms with van der Waals surface area (Å²) < 4.78 is 43.8.